The second kappa shape index (κ2) is 38.4. The lowest BCUT2D eigenvalue weighted by Gasteiger charge is -2.46. The Morgan fingerprint density at radius 1 is 0.500 bits per heavy atom. The number of carbonyl (C=O) groups excluding carboxylic acids is 2. The van der Waals surface area contributed by atoms with Gasteiger partial charge in [0.25, 0.3) is 5.91 Å². The fraction of sp³-hybridized carbons (Fsp3) is 0.413. The molecular weight excluding hydrogens is 1100 g/mol. The van der Waals surface area contributed by atoms with Gasteiger partial charge >= 0.3 is 0 Å². The number of hydrogen-bond donors (Lipinski definition) is 2. The van der Waals surface area contributed by atoms with Crippen LogP contribution in [0.5, 0.6) is 5.75 Å². The Hall–Kier alpha value is -7.04. The Balaban J connectivity index is 0.992. The van der Waals surface area contributed by atoms with E-state index in [2.05, 4.69) is 17.6 Å². The van der Waals surface area contributed by atoms with Gasteiger partial charge in [-0.25, -0.2) is 0 Å². The van der Waals surface area contributed by atoms with Crippen LogP contribution in [0.3, 0.4) is 0 Å². The van der Waals surface area contributed by atoms with E-state index in [1.54, 1.807) is 7.11 Å². The van der Waals surface area contributed by atoms with E-state index in [1.807, 2.05) is 207 Å². The number of benzene rings is 7. The Bertz CT molecular complexity index is 3000. The summed E-state index contributed by atoms with van der Waals surface area (Å²) in [6, 6.07) is 65.4. The molecule has 0 aliphatic carbocycles. The van der Waals surface area contributed by atoms with Crippen molar-refractivity contribution < 1.29 is 52.2 Å². The minimum atomic E-state index is -1.03. The molecule has 7 aromatic carbocycles. The summed E-state index contributed by atoms with van der Waals surface area (Å²) in [6.45, 7) is 6.62. The molecule has 1 aliphatic heterocycles. The maximum Gasteiger partial charge on any atom is 0.255 e. The third-order valence-electron chi connectivity index (χ3n) is 15.9. The Morgan fingerprint density at radius 3 is 1.47 bits per heavy atom. The lowest BCUT2D eigenvalue weighted by molar-refractivity contribution is -0.330. The standard InChI is InChI=1S/C75H92N2O11/c1-4-66(82-50-59-34-20-13-21-35-59)70(83-51-60-36-22-14-23-37-60)65(77-69(78)44-30-10-8-6-5-7-9-11-31-47-76-74(79)64-46-45-57(2)48-67(64)80-3)55-87-75-73(86-54-63-42-28-17-29-43-63)72(85-53-62-40-26-16-27-41-62)71(84-52-61-38-24-15-25-39-61)68(88-75)56-81-49-58-32-18-12-19-33-58/h12-29,32-43,45-46,48,65-66,68,70-73,75H,4-11,30-31,44,47,49-56H2,1-3H3,(H,76,79)(H,77,78)/t65-,66+,68?,70-,71-,72?,73?,75-/m0/s1. The van der Waals surface area contributed by atoms with Crippen LogP contribution in [0.4, 0.5) is 0 Å². The van der Waals surface area contributed by atoms with Crippen molar-refractivity contribution in [1.29, 1.82) is 0 Å². The van der Waals surface area contributed by atoms with Crippen molar-refractivity contribution >= 4 is 11.8 Å². The third kappa shape index (κ3) is 22.8. The largest absolute Gasteiger partial charge is 0.496 e. The highest BCUT2D eigenvalue weighted by molar-refractivity contribution is 5.97. The molecule has 0 bridgehead atoms. The highest BCUT2D eigenvalue weighted by Crippen LogP contribution is 2.33. The van der Waals surface area contributed by atoms with E-state index in [4.69, 9.17) is 42.6 Å². The van der Waals surface area contributed by atoms with Crippen LogP contribution in [-0.4, -0.2) is 87.6 Å². The molecule has 13 heteroatoms. The summed E-state index contributed by atoms with van der Waals surface area (Å²) in [5, 5.41) is 6.48. The average molecular weight is 1200 g/mol. The average Bonchev–Trinajstić information content (AvgIpc) is 2.49. The maximum absolute atomic E-state index is 14.5. The van der Waals surface area contributed by atoms with E-state index < -0.39 is 49.0 Å². The molecule has 13 nitrogen and oxygen atoms in total. The second-order valence-corrected chi connectivity index (χ2v) is 22.7. The van der Waals surface area contributed by atoms with Crippen LogP contribution in [0.1, 0.15) is 127 Å². The number of rotatable bonds is 40. The van der Waals surface area contributed by atoms with E-state index in [1.165, 1.54) is 0 Å². The molecule has 1 heterocycles. The lowest BCUT2D eigenvalue weighted by atomic mass is 9.97. The lowest BCUT2D eigenvalue weighted by Crippen LogP contribution is -2.62. The molecule has 0 radical (unpaired) electrons. The Morgan fingerprint density at radius 2 is 0.955 bits per heavy atom. The molecule has 3 unspecified atom stereocenters. The number of unbranched alkanes of at least 4 members (excludes halogenated alkanes) is 8. The molecular formula is C75H92N2O11. The van der Waals surface area contributed by atoms with Gasteiger partial charge in [-0.15, -0.1) is 0 Å². The smallest absolute Gasteiger partial charge is 0.255 e. The van der Waals surface area contributed by atoms with Crippen LogP contribution in [0.15, 0.2) is 200 Å². The maximum atomic E-state index is 14.5. The molecule has 2 N–H and O–H groups in total. The normalized spacial score (nSPS) is 17.6. The van der Waals surface area contributed by atoms with Crippen molar-refractivity contribution in [3.8, 4) is 5.75 Å². The van der Waals surface area contributed by atoms with Gasteiger partial charge in [-0.1, -0.05) is 240 Å². The summed E-state index contributed by atoms with van der Waals surface area (Å²) in [5.41, 5.74) is 7.60. The molecule has 1 aliphatic rings. The number of nitrogens with one attached hydrogen (secondary N) is 2. The highest BCUT2D eigenvalue weighted by atomic mass is 16.7. The molecule has 1 saturated heterocycles. The Labute approximate surface area is 522 Å². The fourth-order valence-electron chi connectivity index (χ4n) is 11.0. The van der Waals surface area contributed by atoms with E-state index in [0.29, 0.717) is 43.9 Å². The first-order valence-corrected chi connectivity index (χ1v) is 31.7. The number of hydrogen-bond acceptors (Lipinski definition) is 11. The van der Waals surface area contributed by atoms with Crippen LogP contribution >= 0.6 is 0 Å². The van der Waals surface area contributed by atoms with Crippen molar-refractivity contribution in [3.63, 3.8) is 0 Å². The molecule has 0 spiro atoms. The highest BCUT2D eigenvalue weighted by Gasteiger charge is 2.50. The van der Waals surface area contributed by atoms with Gasteiger partial charge < -0.3 is 53.3 Å². The van der Waals surface area contributed by atoms with Crippen molar-refractivity contribution in [1.82, 2.24) is 10.6 Å². The van der Waals surface area contributed by atoms with E-state index in [0.717, 1.165) is 96.7 Å². The molecule has 88 heavy (non-hydrogen) atoms. The molecule has 0 saturated carbocycles. The number of carbonyl (C=O) groups is 2. The van der Waals surface area contributed by atoms with Gasteiger partial charge in [-0.05, 0) is 77.3 Å². The summed E-state index contributed by atoms with van der Waals surface area (Å²) >= 11 is 0. The SMILES string of the molecule is CC[C@@H](OCc1ccccc1)[C@@H](OCc1ccccc1)[C@H](CO[C@H]1OC(COCc2ccccc2)[C@H](OCc2ccccc2)C(OCc2ccccc2)C1OCc1ccccc1)NC(=O)CCCCCCCCCCCNC(=O)c1ccc(C)cc1OC. The van der Waals surface area contributed by atoms with Gasteiger partial charge in [0.05, 0.1) is 77.7 Å². The molecule has 0 aromatic heterocycles. The molecule has 7 aromatic rings. The zero-order valence-corrected chi connectivity index (χ0v) is 51.8. The quantitative estimate of drug-likeness (QED) is 0.0355. The predicted molar refractivity (Wildman–Crippen MR) is 344 cm³/mol. The monoisotopic (exact) mass is 1200 g/mol. The summed E-state index contributed by atoms with van der Waals surface area (Å²) in [5.74, 6) is 0.389. The summed E-state index contributed by atoms with van der Waals surface area (Å²) in [7, 11) is 1.59. The van der Waals surface area contributed by atoms with Crippen LogP contribution in [0.25, 0.3) is 0 Å². The minimum Gasteiger partial charge on any atom is -0.496 e. The number of methoxy groups -OCH3 is 1. The topological polar surface area (TPSA) is 141 Å². The minimum absolute atomic E-state index is 0.0152. The summed E-state index contributed by atoms with van der Waals surface area (Å²) in [4.78, 5) is 27.3. The van der Waals surface area contributed by atoms with Crippen molar-refractivity contribution in [2.45, 2.75) is 173 Å². The molecule has 1 fully saturated rings. The van der Waals surface area contributed by atoms with E-state index >= 15 is 0 Å². The van der Waals surface area contributed by atoms with Crippen LogP contribution in [-0.2, 0) is 82.3 Å². The van der Waals surface area contributed by atoms with Gasteiger partial charge in [0.2, 0.25) is 5.91 Å². The first kappa shape index (κ1) is 66.9. The van der Waals surface area contributed by atoms with Gasteiger partial charge in [0.15, 0.2) is 6.29 Å². The van der Waals surface area contributed by atoms with Crippen LogP contribution < -0.4 is 15.4 Å². The van der Waals surface area contributed by atoms with Gasteiger partial charge in [0, 0.05) is 13.0 Å². The van der Waals surface area contributed by atoms with Gasteiger partial charge in [0.1, 0.15) is 36.3 Å². The first-order chi connectivity index (χ1) is 43.3. The number of ether oxygens (including phenoxy) is 9. The summed E-state index contributed by atoms with van der Waals surface area (Å²) < 4.78 is 61.1. The second-order valence-electron chi connectivity index (χ2n) is 22.7. The van der Waals surface area contributed by atoms with Crippen molar-refractivity contribution in [3.05, 3.63) is 245 Å². The van der Waals surface area contributed by atoms with Crippen LogP contribution in [0.2, 0.25) is 0 Å². The van der Waals surface area contributed by atoms with E-state index in [9.17, 15) is 9.59 Å². The predicted octanol–water partition coefficient (Wildman–Crippen LogP) is 14.4. The molecule has 2 amide bonds. The third-order valence-corrected chi connectivity index (χ3v) is 15.9. The van der Waals surface area contributed by atoms with Crippen molar-refractivity contribution in [2.24, 2.45) is 0 Å². The first-order valence-electron chi connectivity index (χ1n) is 31.7. The molecule has 468 valence electrons. The molecule has 8 atom stereocenters. The molecule has 8 rings (SSSR count). The zero-order chi connectivity index (χ0) is 61.2. The van der Waals surface area contributed by atoms with Crippen LogP contribution in [0, 0.1) is 6.92 Å². The Kier molecular flexibility index (Phi) is 29.2. The van der Waals surface area contributed by atoms with Gasteiger partial charge in [-0.3, -0.25) is 9.59 Å². The fourth-order valence-corrected chi connectivity index (χ4v) is 11.0. The van der Waals surface area contributed by atoms with Crippen molar-refractivity contribution in [2.75, 3.05) is 26.9 Å². The number of amides is 2. The number of aryl methyl sites for hydroxylation is 1. The summed E-state index contributed by atoms with van der Waals surface area (Å²) in [6.07, 6.45) is 5.02. The van der Waals surface area contributed by atoms with Gasteiger partial charge in [-0.2, -0.15) is 0 Å². The van der Waals surface area contributed by atoms with E-state index in [-0.39, 0.29) is 51.5 Å². The zero-order valence-electron chi connectivity index (χ0n) is 51.8.